The van der Waals surface area contributed by atoms with Gasteiger partial charge in [-0.15, -0.1) is 5.10 Å². The van der Waals surface area contributed by atoms with Crippen molar-refractivity contribution in [3.63, 3.8) is 0 Å². The van der Waals surface area contributed by atoms with E-state index in [1.807, 2.05) is 50.2 Å². The number of fused-ring (bicyclic) bond motifs is 1. The molecule has 0 saturated carbocycles. The maximum absolute atomic E-state index is 12.7. The lowest BCUT2D eigenvalue weighted by atomic mass is 10.2. The SMILES string of the molecule is Cc1cc(C)n2nc(SCC(=O)N(CCC#N)c3ccccc3)nc2n1. The summed E-state index contributed by atoms with van der Waals surface area (Å²) < 4.78 is 1.67. The van der Waals surface area contributed by atoms with Gasteiger partial charge >= 0.3 is 0 Å². The number of benzene rings is 1. The Labute approximate surface area is 155 Å². The Morgan fingerprint density at radius 2 is 2.04 bits per heavy atom. The van der Waals surface area contributed by atoms with Crippen LogP contribution in [0, 0.1) is 25.2 Å². The summed E-state index contributed by atoms with van der Waals surface area (Å²) in [5, 5.41) is 13.8. The van der Waals surface area contributed by atoms with Crippen LogP contribution >= 0.6 is 11.8 Å². The molecule has 132 valence electrons. The van der Waals surface area contributed by atoms with E-state index in [1.165, 1.54) is 11.8 Å². The molecule has 7 nitrogen and oxygen atoms in total. The van der Waals surface area contributed by atoms with Crippen molar-refractivity contribution in [3.05, 3.63) is 47.8 Å². The van der Waals surface area contributed by atoms with Crippen molar-refractivity contribution in [2.45, 2.75) is 25.4 Å². The lowest BCUT2D eigenvalue weighted by Gasteiger charge is -2.21. The third kappa shape index (κ3) is 4.00. The topological polar surface area (TPSA) is 87.2 Å². The fourth-order valence-corrected chi connectivity index (χ4v) is 3.27. The Hall–Kier alpha value is -2.92. The Morgan fingerprint density at radius 3 is 2.77 bits per heavy atom. The van der Waals surface area contributed by atoms with Crippen LogP contribution in [0.3, 0.4) is 0 Å². The first-order valence-electron chi connectivity index (χ1n) is 8.14. The van der Waals surface area contributed by atoms with Gasteiger partial charge in [0.25, 0.3) is 5.78 Å². The summed E-state index contributed by atoms with van der Waals surface area (Å²) in [6.07, 6.45) is 0.278. The fraction of sp³-hybridized carbons (Fsp3) is 0.278. The Kier molecular flexibility index (Phi) is 5.49. The largest absolute Gasteiger partial charge is 0.311 e. The first kappa shape index (κ1) is 17.9. The van der Waals surface area contributed by atoms with Crippen LogP contribution < -0.4 is 4.90 Å². The molecule has 0 spiro atoms. The summed E-state index contributed by atoms with van der Waals surface area (Å²) in [6.45, 7) is 4.21. The number of carbonyl (C=O) groups is 1. The van der Waals surface area contributed by atoms with E-state index in [4.69, 9.17) is 5.26 Å². The van der Waals surface area contributed by atoms with Crippen LogP contribution in [-0.2, 0) is 4.79 Å². The maximum atomic E-state index is 12.7. The van der Waals surface area contributed by atoms with E-state index in [1.54, 1.807) is 9.42 Å². The molecule has 0 aliphatic rings. The first-order valence-corrected chi connectivity index (χ1v) is 9.13. The van der Waals surface area contributed by atoms with Gasteiger partial charge in [0, 0.05) is 23.6 Å². The van der Waals surface area contributed by atoms with E-state index in [0.29, 0.717) is 17.5 Å². The second-order valence-corrected chi connectivity index (χ2v) is 6.67. The minimum absolute atomic E-state index is 0.0869. The van der Waals surface area contributed by atoms with E-state index >= 15 is 0 Å². The number of anilines is 1. The number of hydrogen-bond donors (Lipinski definition) is 0. The minimum atomic E-state index is -0.0869. The second kappa shape index (κ2) is 7.97. The van der Waals surface area contributed by atoms with Crippen LogP contribution in [0.2, 0.25) is 0 Å². The van der Waals surface area contributed by atoms with E-state index in [-0.39, 0.29) is 18.1 Å². The summed E-state index contributed by atoms with van der Waals surface area (Å²) in [6, 6.07) is 13.4. The zero-order valence-corrected chi connectivity index (χ0v) is 15.4. The molecule has 0 N–H and O–H groups in total. The molecule has 0 bridgehead atoms. The van der Waals surface area contributed by atoms with Gasteiger partial charge in [0.05, 0.1) is 18.2 Å². The molecule has 2 aromatic heterocycles. The molecular formula is C18H18N6OS. The van der Waals surface area contributed by atoms with Crippen LogP contribution in [0.1, 0.15) is 17.8 Å². The van der Waals surface area contributed by atoms with Gasteiger partial charge in [0.15, 0.2) is 0 Å². The number of hydrogen-bond acceptors (Lipinski definition) is 6. The number of thioether (sulfide) groups is 1. The number of aromatic nitrogens is 4. The molecule has 26 heavy (non-hydrogen) atoms. The number of nitrogens with zero attached hydrogens (tertiary/aromatic N) is 6. The Balaban J connectivity index is 1.74. The Morgan fingerprint density at radius 1 is 1.27 bits per heavy atom. The standard InChI is InChI=1S/C18H18N6OS/c1-13-11-14(2)24-17(20-13)21-18(22-24)26-12-16(25)23(10-6-9-19)15-7-4-3-5-8-15/h3-5,7-8,11H,6,10,12H2,1-2H3. The van der Waals surface area contributed by atoms with Gasteiger partial charge in [-0.05, 0) is 32.0 Å². The second-order valence-electron chi connectivity index (χ2n) is 5.72. The summed E-state index contributed by atoms with van der Waals surface area (Å²) in [5.41, 5.74) is 2.60. The van der Waals surface area contributed by atoms with Crippen molar-refractivity contribution in [2.24, 2.45) is 0 Å². The average Bonchev–Trinajstić information content (AvgIpc) is 3.04. The van der Waals surface area contributed by atoms with Crippen molar-refractivity contribution >= 4 is 29.1 Å². The number of aryl methyl sites for hydroxylation is 2. The molecule has 0 unspecified atom stereocenters. The number of carbonyl (C=O) groups excluding carboxylic acids is 1. The van der Waals surface area contributed by atoms with E-state index < -0.39 is 0 Å². The molecule has 2 heterocycles. The third-order valence-electron chi connectivity index (χ3n) is 3.74. The molecule has 0 aliphatic heterocycles. The van der Waals surface area contributed by atoms with Crippen molar-refractivity contribution in [2.75, 3.05) is 17.2 Å². The van der Waals surface area contributed by atoms with Crippen molar-refractivity contribution in [3.8, 4) is 6.07 Å². The van der Waals surface area contributed by atoms with Crippen LogP contribution in [-0.4, -0.2) is 37.8 Å². The normalized spacial score (nSPS) is 10.7. The summed E-state index contributed by atoms with van der Waals surface area (Å²) >= 11 is 1.27. The number of rotatable bonds is 6. The number of nitriles is 1. The summed E-state index contributed by atoms with van der Waals surface area (Å²) in [7, 11) is 0. The molecule has 8 heteroatoms. The highest BCUT2D eigenvalue weighted by molar-refractivity contribution is 7.99. The van der Waals surface area contributed by atoms with Crippen molar-refractivity contribution in [1.82, 2.24) is 19.6 Å². The van der Waals surface area contributed by atoms with E-state index in [2.05, 4.69) is 21.1 Å². The Bertz CT molecular complexity index is 963. The molecule has 0 saturated heterocycles. The highest BCUT2D eigenvalue weighted by Gasteiger charge is 2.17. The average molecular weight is 366 g/mol. The van der Waals surface area contributed by atoms with Gasteiger partial charge in [0.1, 0.15) is 0 Å². The zero-order chi connectivity index (χ0) is 18.5. The van der Waals surface area contributed by atoms with Gasteiger partial charge in [0.2, 0.25) is 11.1 Å². The lowest BCUT2D eigenvalue weighted by molar-refractivity contribution is -0.116. The number of amides is 1. The molecule has 0 aliphatic carbocycles. The maximum Gasteiger partial charge on any atom is 0.253 e. The van der Waals surface area contributed by atoms with E-state index in [9.17, 15) is 4.79 Å². The molecule has 0 fully saturated rings. The predicted molar refractivity (Wildman–Crippen MR) is 100 cm³/mol. The molecule has 1 amide bonds. The van der Waals surface area contributed by atoms with E-state index in [0.717, 1.165) is 17.1 Å². The molecule has 1 aromatic carbocycles. The van der Waals surface area contributed by atoms with Gasteiger partial charge in [-0.2, -0.15) is 10.2 Å². The van der Waals surface area contributed by atoms with Crippen molar-refractivity contribution in [1.29, 1.82) is 5.26 Å². The van der Waals surface area contributed by atoms with Gasteiger partial charge in [-0.1, -0.05) is 30.0 Å². The fourth-order valence-electron chi connectivity index (χ4n) is 2.58. The molecule has 3 aromatic rings. The van der Waals surface area contributed by atoms with Crippen LogP contribution in [0.15, 0.2) is 41.6 Å². The van der Waals surface area contributed by atoms with Crippen molar-refractivity contribution < 1.29 is 4.79 Å². The van der Waals surface area contributed by atoms with Crippen LogP contribution in [0.25, 0.3) is 5.78 Å². The summed E-state index contributed by atoms with van der Waals surface area (Å²) in [4.78, 5) is 23.0. The van der Waals surface area contributed by atoms with Gasteiger partial charge in [-0.25, -0.2) is 9.50 Å². The lowest BCUT2D eigenvalue weighted by Crippen LogP contribution is -2.33. The smallest absolute Gasteiger partial charge is 0.253 e. The highest BCUT2D eigenvalue weighted by Crippen LogP contribution is 2.19. The zero-order valence-electron chi connectivity index (χ0n) is 14.6. The minimum Gasteiger partial charge on any atom is -0.311 e. The monoisotopic (exact) mass is 366 g/mol. The van der Waals surface area contributed by atoms with Gasteiger partial charge in [-0.3, -0.25) is 4.79 Å². The third-order valence-corrected chi connectivity index (χ3v) is 4.56. The summed E-state index contributed by atoms with van der Waals surface area (Å²) in [5.74, 6) is 0.632. The molecular weight excluding hydrogens is 348 g/mol. The number of para-hydroxylation sites is 1. The van der Waals surface area contributed by atoms with Crippen LogP contribution in [0.5, 0.6) is 0 Å². The highest BCUT2D eigenvalue weighted by atomic mass is 32.2. The van der Waals surface area contributed by atoms with Crippen LogP contribution in [0.4, 0.5) is 5.69 Å². The molecule has 0 atom stereocenters. The molecule has 0 radical (unpaired) electrons. The quantitative estimate of drug-likeness (QED) is 0.624. The van der Waals surface area contributed by atoms with Gasteiger partial charge < -0.3 is 4.90 Å². The predicted octanol–water partition coefficient (Wildman–Crippen LogP) is 2.78. The first-order chi connectivity index (χ1) is 12.6. The molecule has 3 rings (SSSR count).